The molecule has 0 aliphatic rings. The molecule has 88 valence electrons. The summed E-state index contributed by atoms with van der Waals surface area (Å²) >= 11 is 0. The minimum Gasteiger partial charge on any atom is -0.489 e. The van der Waals surface area contributed by atoms with Crippen LogP contribution in [0, 0.1) is 18.6 Å². The lowest BCUT2D eigenvalue weighted by molar-refractivity contribution is 0.297. The van der Waals surface area contributed by atoms with Crippen molar-refractivity contribution in [3.8, 4) is 5.75 Å². The van der Waals surface area contributed by atoms with Crippen LogP contribution < -0.4 is 4.74 Å². The molecule has 0 spiro atoms. The Balaban J connectivity index is 2.10. The molecule has 0 aliphatic carbocycles. The van der Waals surface area contributed by atoms with Crippen LogP contribution in [0.2, 0.25) is 0 Å². The van der Waals surface area contributed by atoms with Gasteiger partial charge in [0.2, 0.25) is 0 Å². The second-order valence-corrected chi connectivity index (χ2v) is 3.79. The number of aryl methyl sites for hydroxylation is 1. The Morgan fingerprint density at radius 3 is 2.53 bits per heavy atom. The van der Waals surface area contributed by atoms with Crippen LogP contribution in [-0.4, -0.2) is 0 Å². The molecule has 2 aromatic carbocycles. The van der Waals surface area contributed by atoms with E-state index in [1.165, 1.54) is 12.1 Å². The van der Waals surface area contributed by atoms with Gasteiger partial charge in [-0.25, -0.2) is 8.78 Å². The smallest absolute Gasteiger partial charge is 0.132 e. The highest BCUT2D eigenvalue weighted by molar-refractivity contribution is 5.32. The van der Waals surface area contributed by atoms with E-state index in [4.69, 9.17) is 4.74 Å². The van der Waals surface area contributed by atoms with Crippen molar-refractivity contribution in [1.29, 1.82) is 0 Å². The van der Waals surface area contributed by atoms with Crippen molar-refractivity contribution < 1.29 is 13.5 Å². The minimum absolute atomic E-state index is 0.0942. The topological polar surface area (TPSA) is 9.23 Å². The first-order valence-corrected chi connectivity index (χ1v) is 5.29. The quantitative estimate of drug-likeness (QED) is 0.783. The van der Waals surface area contributed by atoms with Crippen molar-refractivity contribution in [2.45, 2.75) is 13.5 Å². The minimum atomic E-state index is -0.585. The van der Waals surface area contributed by atoms with Crippen LogP contribution in [0.4, 0.5) is 8.78 Å². The fourth-order valence-electron chi connectivity index (χ4n) is 1.51. The number of para-hydroxylation sites is 1. The monoisotopic (exact) mass is 234 g/mol. The van der Waals surface area contributed by atoms with Gasteiger partial charge in [0.05, 0.1) is 0 Å². The van der Waals surface area contributed by atoms with E-state index in [9.17, 15) is 8.78 Å². The number of rotatable bonds is 3. The molecule has 3 heteroatoms. The molecule has 0 unspecified atom stereocenters. The Morgan fingerprint density at radius 1 is 1.06 bits per heavy atom. The molecule has 0 saturated carbocycles. The lowest BCUT2D eigenvalue weighted by Gasteiger charge is -2.09. The van der Waals surface area contributed by atoms with Crippen LogP contribution in [-0.2, 0) is 6.61 Å². The van der Waals surface area contributed by atoms with Crippen LogP contribution in [0.3, 0.4) is 0 Å². The fraction of sp³-hybridized carbons (Fsp3) is 0.143. The summed E-state index contributed by atoms with van der Waals surface area (Å²) < 4.78 is 31.5. The standard InChI is InChI=1S/C14H12F2O/c1-10-4-2-3-5-14(10)17-9-11-6-7-12(15)8-13(11)16/h2-8H,9H2,1H3. The maximum absolute atomic E-state index is 13.3. The molecule has 1 nitrogen and oxygen atoms in total. The highest BCUT2D eigenvalue weighted by atomic mass is 19.1. The van der Waals surface area contributed by atoms with Gasteiger partial charge in [-0.1, -0.05) is 18.2 Å². The Hall–Kier alpha value is -1.90. The van der Waals surface area contributed by atoms with E-state index in [1.807, 2.05) is 31.2 Å². The first-order chi connectivity index (χ1) is 8.16. The van der Waals surface area contributed by atoms with Crippen LogP contribution in [0.5, 0.6) is 5.75 Å². The maximum Gasteiger partial charge on any atom is 0.132 e. The number of hydrogen-bond donors (Lipinski definition) is 0. The zero-order valence-electron chi connectivity index (χ0n) is 9.41. The predicted octanol–water partition coefficient (Wildman–Crippen LogP) is 3.85. The Labute approximate surface area is 98.7 Å². The lowest BCUT2D eigenvalue weighted by atomic mass is 10.2. The van der Waals surface area contributed by atoms with Crippen molar-refractivity contribution in [1.82, 2.24) is 0 Å². The number of benzene rings is 2. The fourth-order valence-corrected chi connectivity index (χ4v) is 1.51. The molecule has 0 aromatic heterocycles. The maximum atomic E-state index is 13.3. The van der Waals surface area contributed by atoms with Crippen molar-refractivity contribution >= 4 is 0 Å². The Bertz CT molecular complexity index is 523. The summed E-state index contributed by atoms with van der Waals surface area (Å²) in [5.41, 5.74) is 1.32. The molecule has 2 aromatic rings. The van der Waals surface area contributed by atoms with Gasteiger partial charge in [-0.2, -0.15) is 0 Å². The van der Waals surface area contributed by atoms with Crippen molar-refractivity contribution in [2.75, 3.05) is 0 Å². The summed E-state index contributed by atoms with van der Waals surface area (Å²) in [7, 11) is 0. The van der Waals surface area contributed by atoms with Gasteiger partial charge in [-0.3, -0.25) is 0 Å². The van der Waals surface area contributed by atoms with E-state index in [1.54, 1.807) is 0 Å². The van der Waals surface area contributed by atoms with Crippen LogP contribution >= 0.6 is 0 Å². The first-order valence-electron chi connectivity index (χ1n) is 5.29. The molecule has 0 saturated heterocycles. The van der Waals surface area contributed by atoms with Gasteiger partial charge in [-0.15, -0.1) is 0 Å². The van der Waals surface area contributed by atoms with Crippen LogP contribution in [0.1, 0.15) is 11.1 Å². The van der Waals surface area contributed by atoms with Crippen molar-refractivity contribution in [3.05, 3.63) is 65.2 Å². The van der Waals surface area contributed by atoms with E-state index in [2.05, 4.69) is 0 Å². The molecule has 0 heterocycles. The molecule has 0 amide bonds. The Morgan fingerprint density at radius 2 is 1.82 bits per heavy atom. The lowest BCUT2D eigenvalue weighted by Crippen LogP contribution is -2.00. The first kappa shape index (κ1) is 11.6. The summed E-state index contributed by atoms with van der Waals surface area (Å²) in [5, 5.41) is 0. The van der Waals surface area contributed by atoms with E-state index in [0.29, 0.717) is 11.3 Å². The molecular formula is C14H12F2O. The predicted molar refractivity (Wildman–Crippen MR) is 61.9 cm³/mol. The molecule has 2 rings (SSSR count). The third kappa shape index (κ3) is 2.81. The van der Waals surface area contributed by atoms with Gasteiger partial charge in [0.25, 0.3) is 0 Å². The molecule has 0 bridgehead atoms. The summed E-state index contributed by atoms with van der Waals surface area (Å²) in [5.74, 6) is -0.461. The zero-order chi connectivity index (χ0) is 12.3. The van der Waals surface area contributed by atoms with Gasteiger partial charge in [0.15, 0.2) is 0 Å². The average Bonchev–Trinajstić information content (AvgIpc) is 2.30. The van der Waals surface area contributed by atoms with Crippen LogP contribution in [0.15, 0.2) is 42.5 Å². The van der Waals surface area contributed by atoms with E-state index < -0.39 is 11.6 Å². The number of hydrogen-bond acceptors (Lipinski definition) is 1. The highest BCUT2D eigenvalue weighted by Crippen LogP contribution is 2.19. The second kappa shape index (κ2) is 4.95. The number of ether oxygens (including phenoxy) is 1. The third-order valence-corrected chi connectivity index (χ3v) is 2.49. The Kier molecular flexibility index (Phi) is 3.38. The molecule has 0 atom stereocenters. The molecule has 0 aliphatic heterocycles. The van der Waals surface area contributed by atoms with E-state index >= 15 is 0 Å². The largest absolute Gasteiger partial charge is 0.489 e. The van der Waals surface area contributed by atoms with Crippen LogP contribution in [0.25, 0.3) is 0 Å². The normalized spacial score (nSPS) is 10.3. The second-order valence-electron chi connectivity index (χ2n) is 3.79. The van der Waals surface area contributed by atoms with Gasteiger partial charge in [0, 0.05) is 11.6 Å². The molecule has 0 radical (unpaired) electrons. The number of halogens is 2. The summed E-state index contributed by atoms with van der Waals surface area (Å²) in [6.45, 7) is 2.01. The van der Waals surface area contributed by atoms with Crippen molar-refractivity contribution in [2.24, 2.45) is 0 Å². The molecule has 0 N–H and O–H groups in total. The van der Waals surface area contributed by atoms with E-state index in [0.717, 1.165) is 11.6 Å². The van der Waals surface area contributed by atoms with Crippen molar-refractivity contribution in [3.63, 3.8) is 0 Å². The average molecular weight is 234 g/mol. The van der Waals surface area contributed by atoms with E-state index in [-0.39, 0.29) is 6.61 Å². The van der Waals surface area contributed by atoms with Gasteiger partial charge >= 0.3 is 0 Å². The summed E-state index contributed by atoms with van der Waals surface area (Å²) in [6.07, 6.45) is 0. The summed E-state index contributed by atoms with van der Waals surface area (Å²) in [4.78, 5) is 0. The molecule has 0 fully saturated rings. The highest BCUT2D eigenvalue weighted by Gasteiger charge is 2.05. The third-order valence-electron chi connectivity index (χ3n) is 2.49. The zero-order valence-corrected chi connectivity index (χ0v) is 9.41. The summed E-state index contributed by atoms with van der Waals surface area (Å²) in [6, 6.07) is 11.0. The molecular weight excluding hydrogens is 222 g/mol. The SMILES string of the molecule is Cc1ccccc1OCc1ccc(F)cc1F. The molecule has 17 heavy (non-hydrogen) atoms. The van der Waals surface area contributed by atoms with Gasteiger partial charge < -0.3 is 4.74 Å². The van der Waals surface area contributed by atoms with Gasteiger partial charge in [-0.05, 0) is 30.7 Å². The van der Waals surface area contributed by atoms with Gasteiger partial charge in [0.1, 0.15) is 24.0 Å².